The highest BCUT2D eigenvalue weighted by atomic mass is 16.5. The molecule has 1 saturated heterocycles. The Kier molecular flexibility index (Phi) is 3.80. The van der Waals surface area contributed by atoms with Gasteiger partial charge < -0.3 is 9.64 Å². The normalized spacial score (nSPS) is 22.8. The minimum atomic E-state index is -0.128. The maximum Gasteiger partial charge on any atom is 0.254 e. The number of benzene rings is 2. The van der Waals surface area contributed by atoms with Gasteiger partial charge in [-0.05, 0) is 42.3 Å². The molecule has 1 amide bonds. The molecule has 6 nitrogen and oxygen atoms in total. The minimum absolute atomic E-state index is 0.0198. The SMILES string of the molecule is COc1ccc2c(c1)c1c3n2C(=O)C[C@@H]2[C@H]3N(CC1)CCN2C(=O)c1ccccc1. The number of carbonyl (C=O) groups is 2. The Morgan fingerprint density at radius 3 is 2.70 bits per heavy atom. The van der Waals surface area contributed by atoms with Crippen LogP contribution in [0.4, 0.5) is 0 Å². The second-order valence-electron chi connectivity index (χ2n) is 8.34. The van der Waals surface area contributed by atoms with Gasteiger partial charge in [-0.15, -0.1) is 0 Å². The fourth-order valence-corrected chi connectivity index (χ4v) is 5.63. The van der Waals surface area contributed by atoms with E-state index in [4.69, 9.17) is 4.74 Å². The van der Waals surface area contributed by atoms with Crippen LogP contribution in [0.15, 0.2) is 48.5 Å². The van der Waals surface area contributed by atoms with Gasteiger partial charge in [0.1, 0.15) is 5.75 Å². The van der Waals surface area contributed by atoms with Gasteiger partial charge in [0, 0.05) is 42.7 Å². The number of hydrogen-bond acceptors (Lipinski definition) is 4. The van der Waals surface area contributed by atoms with Crippen molar-refractivity contribution in [2.24, 2.45) is 0 Å². The van der Waals surface area contributed by atoms with E-state index < -0.39 is 0 Å². The maximum atomic E-state index is 13.3. The largest absolute Gasteiger partial charge is 0.497 e. The molecule has 2 aromatic carbocycles. The first-order valence-corrected chi connectivity index (χ1v) is 10.5. The van der Waals surface area contributed by atoms with E-state index in [1.165, 1.54) is 5.56 Å². The minimum Gasteiger partial charge on any atom is -0.497 e. The van der Waals surface area contributed by atoms with Gasteiger partial charge in [-0.3, -0.25) is 19.1 Å². The van der Waals surface area contributed by atoms with Crippen LogP contribution in [0, 0.1) is 0 Å². The molecule has 1 aromatic heterocycles. The Morgan fingerprint density at radius 1 is 1.07 bits per heavy atom. The first-order chi connectivity index (χ1) is 14.7. The average Bonchev–Trinajstić information content (AvgIpc) is 3.13. The Labute approximate surface area is 174 Å². The first-order valence-electron chi connectivity index (χ1n) is 10.5. The Hall–Kier alpha value is -3.12. The number of nitrogens with zero attached hydrogens (tertiary/aromatic N) is 3. The molecule has 3 aromatic rings. The topological polar surface area (TPSA) is 54.8 Å². The number of hydrogen-bond donors (Lipinski definition) is 0. The number of piperazine rings is 1. The van der Waals surface area contributed by atoms with Crippen molar-refractivity contribution in [2.75, 3.05) is 26.7 Å². The summed E-state index contributed by atoms with van der Waals surface area (Å²) in [5.41, 5.74) is 3.96. The van der Waals surface area contributed by atoms with Gasteiger partial charge in [0.15, 0.2) is 0 Å². The molecule has 0 aliphatic carbocycles. The summed E-state index contributed by atoms with van der Waals surface area (Å²) in [4.78, 5) is 31.0. The number of rotatable bonds is 2. The smallest absolute Gasteiger partial charge is 0.254 e. The van der Waals surface area contributed by atoms with Crippen LogP contribution in [0.5, 0.6) is 5.75 Å². The van der Waals surface area contributed by atoms with Crippen molar-refractivity contribution in [2.45, 2.75) is 24.9 Å². The van der Waals surface area contributed by atoms with Crippen LogP contribution in [-0.4, -0.2) is 59.0 Å². The summed E-state index contributed by atoms with van der Waals surface area (Å²) in [7, 11) is 1.67. The van der Waals surface area contributed by atoms with Crippen molar-refractivity contribution in [1.82, 2.24) is 14.4 Å². The summed E-state index contributed by atoms with van der Waals surface area (Å²) in [5, 5.41) is 1.10. The van der Waals surface area contributed by atoms with E-state index in [2.05, 4.69) is 4.90 Å². The molecule has 1 fully saturated rings. The molecule has 0 N–H and O–H groups in total. The summed E-state index contributed by atoms with van der Waals surface area (Å²) in [6.45, 7) is 2.44. The van der Waals surface area contributed by atoms with Gasteiger partial charge in [-0.1, -0.05) is 18.2 Å². The zero-order valence-electron chi connectivity index (χ0n) is 16.9. The molecule has 6 heteroatoms. The van der Waals surface area contributed by atoms with E-state index in [1.807, 2.05) is 58.0 Å². The molecule has 0 spiro atoms. The summed E-state index contributed by atoms with van der Waals surface area (Å²) >= 11 is 0. The van der Waals surface area contributed by atoms with Crippen molar-refractivity contribution < 1.29 is 14.3 Å². The highest BCUT2D eigenvalue weighted by molar-refractivity contribution is 5.99. The van der Waals surface area contributed by atoms with Crippen molar-refractivity contribution in [3.8, 4) is 5.75 Å². The van der Waals surface area contributed by atoms with E-state index in [0.717, 1.165) is 41.9 Å². The monoisotopic (exact) mass is 401 g/mol. The zero-order chi connectivity index (χ0) is 20.4. The predicted octanol–water partition coefficient (Wildman–Crippen LogP) is 3.12. The fourth-order valence-electron chi connectivity index (χ4n) is 5.63. The standard InChI is InChI=1S/C24H23N3O3/c1-30-16-7-8-19-18(13-16)17-9-10-25-11-12-26(24(29)15-5-3-2-4-6-15)20-14-21(28)27(19)22(17)23(20)25/h2-8,13,20,23H,9-12,14H2,1H3/t20-,23-/m1/s1. The number of amides is 1. The van der Waals surface area contributed by atoms with Crippen LogP contribution in [0.3, 0.4) is 0 Å². The highest BCUT2D eigenvalue weighted by Crippen LogP contribution is 2.46. The zero-order valence-corrected chi connectivity index (χ0v) is 16.9. The van der Waals surface area contributed by atoms with Crippen molar-refractivity contribution in [3.05, 3.63) is 65.4 Å². The summed E-state index contributed by atoms with van der Waals surface area (Å²) in [6.07, 6.45) is 1.26. The third-order valence-corrected chi connectivity index (χ3v) is 6.95. The molecule has 0 unspecified atom stereocenters. The number of methoxy groups -OCH3 is 1. The average molecular weight is 401 g/mol. The number of ether oxygens (including phenoxy) is 1. The van der Waals surface area contributed by atoms with E-state index >= 15 is 0 Å². The molecule has 6 rings (SSSR count). The molecule has 0 saturated carbocycles. The van der Waals surface area contributed by atoms with Crippen LogP contribution in [-0.2, 0) is 6.42 Å². The molecular formula is C24H23N3O3. The van der Waals surface area contributed by atoms with Crippen LogP contribution in [0.1, 0.15) is 38.9 Å². The molecule has 2 atom stereocenters. The third kappa shape index (κ3) is 2.34. The molecule has 30 heavy (non-hydrogen) atoms. The predicted molar refractivity (Wildman–Crippen MR) is 113 cm³/mol. The van der Waals surface area contributed by atoms with Crippen LogP contribution in [0.25, 0.3) is 10.9 Å². The van der Waals surface area contributed by atoms with E-state index in [1.54, 1.807) is 7.11 Å². The van der Waals surface area contributed by atoms with Gasteiger partial charge in [-0.25, -0.2) is 0 Å². The lowest BCUT2D eigenvalue weighted by Gasteiger charge is -2.51. The number of fused-ring (bicyclic) bond motifs is 3. The lowest BCUT2D eigenvalue weighted by Crippen LogP contribution is -2.61. The Bertz CT molecular complexity index is 1180. The molecule has 4 heterocycles. The van der Waals surface area contributed by atoms with Gasteiger partial charge in [0.2, 0.25) is 5.91 Å². The second kappa shape index (κ2) is 6.44. The molecular weight excluding hydrogens is 378 g/mol. The third-order valence-electron chi connectivity index (χ3n) is 6.95. The summed E-state index contributed by atoms with van der Waals surface area (Å²) in [6, 6.07) is 15.3. The van der Waals surface area contributed by atoms with Gasteiger partial charge >= 0.3 is 0 Å². The molecule has 0 radical (unpaired) electrons. The molecule has 3 aliphatic heterocycles. The quantitative estimate of drug-likeness (QED) is 0.662. The maximum absolute atomic E-state index is 13.3. The van der Waals surface area contributed by atoms with E-state index in [9.17, 15) is 9.59 Å². The first kappa shape index (κ1) is 17.7. The van der Waals surface area contributed by atoms with Gasteiger partial charge in [0.25, 0.3) is 5.91 Å². The molecule has 3 aliphatic rings. The van der Waals surface area contributed by atoms with Gasteiger partial charge in [0.05, 0.1) is 24.7 Å². The highest BCUT2D eigenvalue weighted by Gasteiger charge is 2.49. The van der Waals surface area contributed by atoms with Crippen molar-refractivity contribution in [3.63, 3.8) is 0 Å². The molecule has 152 valence electrons. The summed E-state index contributed by atoms with van der Waals surface area (Å²) in [5.74, 6) is 0.895. The molecule has 0 bridgehead atoms. The van der Waals surface area contributed by atoms with Crippen molar-refractivity contribution in [1.29, 1.82) is 0 Å². The number of carbonyl (C=O) groups excluding carboxylic acids is 2. The van der Waals surface area contributed by atoms with Crippen molar-refractivity contribution >= 4 is 22.7 Å². The van der Waals surface area contributed by atoms with E-state index in [0.29, 0.717) is 18.5 Å². The van der Waals surface area contributed by atoms with Crippen LogP contribution < -0.4 is 4.74 Å². The fraction of sp³-hybridized carbons (Fsp3) is 0.333. The van der Waals surface area contributed by atoms with Crippen LogP contribution in [0.2, 0.25) is 0 Å². The summed E-state index contributed by atoms with van der Waals surface area (Å²) < 4.78 is 7.35. The van der Waals surface area contributed by atoms with Gasteiger partial charge in [-0.2, -0.15) is 0 Å². The van der Waals surface area contributed by atoms with E-state index in [-0.39, 0.29) is 23.9 Å². The Morgan fingerprint density at radius 2 is 1.90 bits per heavy atom. The number of aromatic nitrogens is 1. The Balaban J connectivity index is 1.50. The van der Waals surface area contributed by atoms with Crippen LogP contribution >= 0.6 is 0 Å². The second-order valence-corrected chi connectivity index (χ2v) is 8.34. The lowest BCUT2D eigenvalue weighted by molar-refractivity contribution is 0.00186. The lowest BCUT2D eigenvalue weighted by atomic mass is 9.85.